The van der Waals surface area contributed by atoms with E-state index in [1.165, 1.54) is 16.9 Å². The molecule has 0 bridgehead atoms. The molecule has 0 radical (unpaired) electrons. The van der Waals surface area contributed by atoms with E-state index in [1.807, 2.05) is 42.3 Å². The van der Waals surface area contributed by atoms with Crippen LogP contribution in [0, 0.1) is 6.92 Å². The predicted octanol–water partition coefficient (Wildman–Crippen LogP) is 4.14. The second kappa shape index (κ2) is 5.67. The second-order valence-corrected chi connectivity index (χ2v) is 6.63. The molecule has 0 fully saturated rings. The summed E-state index contributed by atoms with van der Waals surface area (Å²) in [6, 6.07) is 11.9. The summed E-state index contributed by atoms with van der Waals surface area (Å²) in [6.45, 7) is 2.45. The molecule has 0 atom stereocenters. The summed E-state index contributed by atoms with van der Waals surface area (Å²) in [5, 5.41) is 0. The Morgan fingerprint density at radius 2 is 2.00 bits per heavy atom. The van der Waals surface area contributed by atoms with Gasteiger partial charge in [0.15, 0.2) is 5.78 Å². The van der Waals surface area contributed by atoms with Crippen molar-refractivity contribution in [3.8, 4) is 0 Å². The van der Waals surface area contributed by atoms with Crippen molar-refractivity contribution >= 4 is 38.7 Å². The Morgan fingerprint density at radius 3 is 2.61 bits per heavy atom. The third-order valence-electron chi connectivity index (χ3n) is 2.76. The van der Waals surface area contributed by atoms with Gasteiger partial charge in [-0.25, -0.2) is 0 Å². The first kappa shape index (κ1) is 13.3. The van der Waals surface area contributed by atoms with Crippen molar-refractivity contribution in [2.45, 2.75) is 6.92 Å². The first-order valence-electron chi connectivity index (χ1n) is 5.63. The molecule has 2 nitrogen and oxygen atoms in total. The molecule has 1 aromatic carbocycles. The quantitative estimate of drug-likeness (QED) is 0.788. The molecule has 1 aromatic heterocycles. The van der Waals surface area contributed by atoms with Gasteiger partial charge in [-0.3, -0.25) is 4.79 Å². The van der Waals surface area contributed by atoms with Gasteiger partial charge in [-0.2, -0.15) is 0 Å². The lowest BCUT2D eigenvalue weighted by Crippen LogP contribution is -2.25. The van der Waals surface area contributed by atoms with Crippen LogP contribution in [0.15, 0.2) is 40.2 Å². The Hall–Kier alpha value is -1.13. The fourth-order valence-corrected chi connectivity index (χ4v) is 3.15. The molecule has 2 aromatic rings. The standard InChI is InChI=1S/C14H14BrNOS/c1-10-5-3-4-6-11(10)16(2)9-12(17)13-7-8-14(15)18-13/h3-8H,9H2,1-2H3. The van der Waals surface area contributed by atoms with E-state index in [1.54, 1.807) is 0 Å². The van der Waals surface area contributed by atoms with Crippen LogP contribution in [0.1, 0.15) is 15.2 Å². The highest BCUT2D eigenvalue weighted by Gasteiger charge is 2.12. The average Bonchev–Trinajstić information content (AvgIpc) is 2.76. The first-order valence-corrected chi connectivity index (χ1v) is 7.24. The van der Waals surface area contributed by atoms with E-state index in [4.69, 9.17) is 0 Å². The highest BCUT2D eigenvalue weighted by molar-refractivity contribution is 9.11. The number of carbonyl (C=O) groups excluding carboxylic acids is 1. The predicted molar refractivity (Wildman–Crippen MR) is 80.8 cm³/mol. The van der Waals surface area contributed by atoms with Crippen molar-refractivity contribution in [3.05, 3.63) is 50.6 Å². The number of hydrogen-bond donors (Lipinski definition) is 0. The average molecular weight is 324 g/mol. The molecule has 94 valence electrons. The van der Waals surface area contributed by atoms with Crippen LogP contribution in [0.25, 0.3) is 0 Å². The Labute approximate surface area is 119 Å². The van der Waals surface area contributed by atoms with Gasteiger partial charge in [0.05, 0.1) is 15.2 Å². The maximum atomic E-state index is 12.1. The summed E-state index contributed by atoms with van der Waals surface area (Å²) in [5.74, 6) is 0.149. The normalized spacial score (nSPS) is 10.4. The molecule has 0 N–H and O–H groups in total. The van der Waals surface area contributed by atoms with Crippen molar-refractivity contribution in [1.82, 2.24) is 0 Å². The number of nitrogens with zero attached hydrogens (tertiary/aromatic N) is 1. The van der Waals surface area contributed by atoms with Gasteiger partial charge in [0.2, 0.25) is 0 Å². The van der Waals surface area contributed by atoms with Gasteiger partial charge >= 0.3 is 0 Å². The highest BCUT2D eigenvalue weighted by Crippen LogP contribution is 2.23. The van der Waals surface area contributed by atoms with Crippen LogP contribution in [0.3, 0.4) is 0 Å². The summed E-state index contributed by atoms with van der Waals surface area (Å²) < 4.78 is 0.990. The van der Waals surface area contributed by atoms with Crippen LogP contribution in [-0.2, 0) is 0 Å². The van der Waals surface area contributed by atoms with E-state index in [2.05, 4.69) is 28.9 Å². The van der Waals surface area contributed by atoms with Crippen molar-refractivity contribution < 1.29 is 4.79 Å². The van der Waals surface area contributed by atoms with E-state index in [9.17, 15) is 4.79 Å². The lowest BCUT2D eigenvalue weighted by molar-refractivity contribution is 0.100. The first-order chi connectivity index (χ1) is 8.58. The summed E-state index contributed by atoms with van der Waals surface area (Å²) in [5.41, 5.74) is 2.28. The summed E-state index contributed by atoms with van der Waals surface area (Å²) >= 11 is 4.85. The topological polar surface area (TPSA) is 20.3 Å². The molecular weight excluding hydrogens is 310 g/mol. The molecule has 0 saturated carbocycles. The van der Waals surface area contributed by atoms with Crippen molar-refractivity contribution in [1.29, 1.82) is 0 Å². The third-order valence-corrected chi connectivity index (χ3v) is 4.42. The Kier molecular flexibility index (Phi) is 4.19. The minimum atomic E-state index is 0.149. The Morgan fingerprint density at radius 1 is 1.28 bits per heavy atom. The zero-order chi connectivity index (χ0) is 13.1. The highest BCUT2D eigenvalue weighted by atomic mass is 79.9. The summed E-state index contributed by atoms with van der Waals surface area (Å²) in [7, 11) is 1.95. The molecule has 2 rings (SSSR count). The SMILES string of the molecule is Cc1ccccc1N(C)CC(=O)c1ccc(Br)s1. The molecule has 18 heavy (non-hydrogen) atoms. The van der Waals surface area contributed by atoms with E-state index in [0.29, 0.717) is 6.54 Å². The number of halogens is 1. The fraction of sp³-hybridized carbons (Fsp3) is 0.214. The van der Waals surface area contributed by atoms with E-state index in [-0.39, 0.29) is 5.78 Å². The monoisotopic (exact) mass is 323 g/mol. The smallest absolute Gasteiger partial charge is 0.192 e. The van der Waals surface area contributed by atoms with Crippen LogP contribution in [0.5, 0.6) is 0 Å². The van der Waals surface area contributed by atoms with E-state index < -0.39 is 0 Å². The molecule has 0 aliphatic rings. The van der Waals surface area contributed by atoms with Crippen LogP contribution in [-0.4, -0.2) is 19.4 Å². The van der Waals surface area contributed by atoms with Crippen LogP contribution in [0.4, 0.5) is 5.69 Å². The maximum Gasteiger partial charge on any atom is 0.192 e. The number of likely N-dealkylation sites (N-methyl/N-ethyl adjacent to an activating group) is 1. The lowest BCUT2D eigenvalue weighted by Gasteiger charge is -2.20. The van der Waals surface area contributed by atoms with Crippen molar-refractivity contribution in [3.63, 3.8) is 0 Å². The number of Topliss-reactive ketones (excluding diaryl/α,β-unsaturated/α-hetero) is 1. The number of hydrogen-bond acceptors (Lipinski definition) is 3. The Bertz CT molecular complexity index is 564. The molecule has 4 heteroatoms. The number of rotatable bonds is 4. The number of anilines is 1. The molecule has 0 saturated heterocycles. The summed E-state index contributed by atoms with van der Waals surface area (Å²) in [6.07, 6.45) is 0. The van der Waals surface area contributed by atoms with Gasteiger partial charge in [0.1, 0.15) is 0 Å². The van der Waals surface area contributed by atoms with Crippen LogP contribution >= 0.6 is 27.3 Å². The molecular formula is C14H14BrNOS. The van der Waals surface area contributed by atoms with Gasteiger partial charge in [-0.1, -0.05) is 18.2 Å². The third kappa shape index (κ3) is 3.00. The largest absolute Gasteiger partial charge is 0.367 e. The fourth-order valence-electron chi connectivity index (χ4n) is 1.83. The molecule has 0 aliphatic carbocycles. The Balaban J connectivity index is 2.10. The minimum absolute atomic E-state index is 0.149. The lowest BCUT2D eigenvalue weighted by atomic mass is 10.2. The minimum Gasteiger partial charge on any atom is -0.367 e. The zero-order valence-electron chi connectivity index (χ0n) is 10.3. The van der Waals surface area contributed by atoms with Gasteiger partial charge in [-0.05, 0) is 46.6 Å². The molecule has 0 aliphatic heterocycles. The van der Waals surface area contributed by atoms with Gasteiger partial charge in [0, 0.05) is 12.7 Å². The van der Waals surface area contributed by atoms with Crippen molar-refractivity contribution in [2.24, 2.45) is 0 Å². The zero-order valence-corrected chi connectivity index (χ0v) is 12.7. The molecule has 1 heterocycles. The number of para-hydroxylation sites is 1. The van der Waals surface area contributed by atoms with Crippen molar-refractivity contribution in [2.75, 3.05) is 18.5 Å². The van der Waals surface area contributed by atoms with Gasteiger partial charge < -0.3 is 4.90 Å². The number of aryl methyl sites for hydroxylation is 1. The van der Waals surface area contributed by atoms with Gasteiger partial charge in [-0.15, -0.1) is 11.3 Å². The number of ketones is 1. The summed E-state index contributed by atoms with van der Waals surface area (Å²) in [4.78, 5) is 14.9. The second-order valence-electron chi connectivity index (χ2n) is 4.17. The maximum absolute atomic E-state index is 12.1. The van der Waals surface area contributed by atoms with Crippen LogP contribution < -0.4 is 4.90 Å². The number of benzene rings is 1. The molecule has 0 unspecified atom stereocenters. The number of thiophene rings is 1. The molecule has 0 spiro atoms. The van der Waals surface area contributed by atoms with E-state index in [0.717, 1.165) is 14.4 Å². The molecule has 0 amide bonds. The van der Waals surface area contributed by atoms with Crippen LogP contribution in [0.2, 0.25) is 0 Å². The number of carbonyl (C=O) groups is 1. The van der Waals surface area contributed by atoms with E-state index >= 15 is 0 Å². The van der Waals surface area contributed by atoms with Gasteiger partial charge in [0.25, 0.3) is 0 Å².